The van der Waals surface area contributed by atoms with Crippen molar-refractivity contribution in [1.82, 2.24) is 5.32 Å². The standard InChI is InChI=1S/C16H25NO2S/c1-4-12-5-6-14-13(8-12)9-15(20-14)16(19)17-10(2)7-11(3)18/h9-12,18H,4-8H2,1-3H3,(H,17,19). The van der Waals surface area contributed by atoms with Crippen LogP contribution < -0.4 is 5.32 Å². The van der Waals surface area contributed by atoms with E-state index < -0.39 is 0 Å². The van der Waals surface area contributed by atoms with Gasteiger partial charge in [-0.25, -0.2) is 0 Å². The first-order chi connectivity index (χ1) is 9.49. The van der Waals surface area contributed by atoms with Gasteiger partial charge in [0.15, 0.2) is 0 Å². The highest BCUT2D eigenvalue weighted by Gasteiger charge is 2.22. The first-order valence-corrected chi connectivity index (χ1v) is 8.41. The van der Waals surface area contributed by atoms with Crippen LogP contribution >= 0.6 is 11.3 Å². The molecule has 0 saturated carbocycles. The topological polar surface area (TPSA) is 49.3 Å². The van der Waals surface area contributed by atoms with Crippen LogP contribution in [0.15, 0.2) is 6.07 Å². The molecular weight excluding hydrogens is 270 g/mol. The number of hydrogen-bond acceptors (Lipinski definition) is 3. The van der Waals surface area contributed by atoms with Crippen LogP contribution in [0.25, 0.3) is 0 Å². The van der Waals surface area contributed by atoms with Gasteiger partial charge in [-0.1, -0.05) is 13.3 Å². The molecule has 0 radical (unpaired) electrons. The second-order valence-electron chi connectivity index (χ2n) is 6.04. The van der Waals surface area contributed by atoms with Crippen molar-refractivity contribution in [3.8, 4) is 0 Å². The first kappa shape index (κ1) is 15.5. The molecule has 0 aromatic carbocycles. The number of aryl methyl sites for hydroxylation is 1. The Balaban J connectivity index is 2.00. The number of aliphatic hydroxyl groups excluding tert-OH is 1. The molecule has 0 bridgehead atoms. The van der Waals surface area contributed by atoms with Gasteiger partial charge in [0.1, 0.15) is 0 Å². The van der Waals surface area contributed by atoms with Gasteiger partial charge in [0.05, 0.1) is 11.0 Å². The molecular formula is C16H25NO2S. The van der Waals surface area contributed by atoms with Crippen molar-refractivity contribution < 1.29 is 9.90 Å². The summed E-state index contributed by atoms with van der Waals surface area (Å²) < 4.78 is 0. The van der Waals surface area contributed by atoms with Crippen molar-refractivity contribution in [1.29, 1.82) is 0 Å². The number of aliphatic hydroxyl groups is 1. The van der Waals surface area contributed by atoms with Crippen LogP contribution in [0.5, 0.6) is 0 Å². The Kier molecular flexibility index (Phi) is 5.22. The molecule has 0 spiro atoms. The summed E-state index contributed by atoms with van der Waals surface area (Å²) in [5.74, 6) is 0.785. The van der Waals surface area contributed by atoms with Crippen LogP contribution in [0.3, 0.4) is 0 Å². The Morgan fingerprint density at radius 1 is 1.55 bits per heavy atom. The molecule has 0 fully saturated rings. The van der Waals surface area contributed by atoms with Crippen LogP contribution in [0, 0.1) is 5.92 Å². The lowest BCUT2D eigenvalue weighted by atomic mass is 9.87. The number of nitrogens with one attached hydrogen (secondary N) is 1. The lowest BCUT2D eigenvalue weighted by molar-refractivity contribution is 0.0927. The van der Waals surface area contributed by atoms with E-state index in [9.17, 15) is 9.90 Å². The predicted octanol–water partition coefficient (Wildman–Crippen LogP) is 3.15. The normalized spacial score (nSPS) is 21.1. The van der Waals surface area contributed by atoms with E-state index in [1.165, 1.54) is 23.3 Å². The average molecular weight is 295 g/mol. The number of hydrogen-bond donors (Lipinski definition) is 2. The minimum absolute atomic E-state index is 0.00465. The maximum Gasteiger partial charge on any atom is 0.261 e. The molecule has 4 heteroatoms. The highest BCUT2D eigenvalue weighted by atomic mass is 32.1. The monoisotopic (exact) mass is 295 g/mol. The molecule has 2 N–H and O–H groups in total. The van der Waals surface area contributed by atoms with Gasteiger partial charge in [-0.3, -0.25) is 4.79 Å². The van der Waals surface area contributed by atoms with E-state index in [0.29, 0.717) is 6.42 Å². The summed E-state index contributed by atoms with van der Waals surface area (Å²) in [6.07, 6.45) is 4.93. The fraction of sp³-hybridized carbons (Fsp3) is 0.688. The molecule has 1 amide bonds. The molecule has 1 heterocycles. The third-order valence-electron chi connectivity index (χ3n) is 4.06. The van der Waals surface area contributed by atoms with Gasteiger partial charge in [-0.2, -0.15) is 0 Å². The minimum Gasteiger partial charge on any atom is -0.393 e. The maximum atomic E-state index is 12.2. The van der Waals surface area contributed by atoms with Gasteiger partial charge >= 0.3 is 0 Å². The molecule has 20 heavy (non-hydrogen) atoms. The Morgan fingerprint density at radius 2 is 2.30 bits per heavy atom. The number of thiophene rings is 1. The second-order valence-corrected chi connectivity index (χ2v) is 7.17. The van der Waals surface area contributed by atoms with Crippen molar-refractivity contribution in [2.24, 2.45) is 5.92 Å². The zero-order valence-corrected chi connectivity index (χ0v) is 13.4. The number of carbonyl (C=O) groups is 1. The number of carbonyl (C=O) groups excluding carboxylic acids is 1. The summed E-state index contributed by atoms with van der Waals surface area (Å²) in [6.45, 7) is 5.93. The number of fused-ring (bicyclic) bond motifs is 1. The summed E-state index contributed by atoms with van der Waals surface area (Å²) >= 11 is 1.64. The van der Waals surface area contributed by atoms with Crippen LogP contribution in [0.1, 0.15) is 60.1 Å². The molecule has 1 aromatic heterocycles. The van der Waals surface area contributed by atoms with E-state index >= 15 is 0 Å². The predicted molar refractivity (Wildman–Crippen MR) is 83.4 cm³/mol. The molecule has 3 atom stereocenters. The fourth-order valence-corrected chi connectivity index (χ4v) is 4.04. The highest BCUT2D eigenvalue weighted by molar-refractivity contribution is 7.14. The lowest BCUT2D eigenvalue weighted by Crippen LogP contribution is -2.34. The van der Waals surface area contributed by atoms with Gasteiger partial charge in [-0.15, -0.1) is 11.3 Å². The van der Waals surface area contributed by atoms with Crippen LogP contribution in [0.4, 0.5) is 0 Å². The number of amides is 1. The zero-order valence-electron chi connectivity index (χ0n) is 12.6. The van der Waals surface area contributed by atoms with Crippen molar-refractivity contribution >= 4 is 17.2 Å². The van der Waals surface area contributed by atoms with E-state index in [4.69, 9.17) is 0 Å². The molecule has 1 aromatic rings. The van der Waals surface area contributed by atoms with E-state index in [2.05, 4.69) is 18.3 Å². The fourth-order valence-electron chi connectivity index (χ4n) is 2.92. The summed E-state index contributed by atoms with van der Waals surface area (Å²) in [5.41, 5.74) is 1.38. The van der Waals surface area contributed by atoms with Gasteiger partial charge in [0.2, 0.25) is 0 Å². The van der Waals surface area contributed by atoms with Crippen LogP contribution in [-0.2, 0) is 12.8 Å². The SMILES string of the molecule is CCC1CCc2sc(C(=O)NC(C)CC(C)O)cc2C1. The lowest BCUT2D eigenvalue weighted by Gasteiger charge is -2.19. The summed E-state index contributed by atoms with van der Waals surface area (Å²) in [5, 5.41) is 12.3. The van der Waals surface area contributed by atoms with Crippen molar-refractivity contribution in [2.75, 3.05) is 0 Å². The largest absolute Gasteiger partial charge is 0.393 e. The van der Waals surface area contributed by atoms with Gasteiger partial charge in [0.25, 0.3) is 5.91 Å². The molecule has 3 nitrogen and oxygen atoms in total. The van der Waals surface area contributed by atoms with Crippen molar-refractivity contribution in [2.45, 2.75) is 65.0 Å². The first-order valence-electron chi connectivity index (χ1n) is 7.60. The molecule has 1 aliphatic carbocycles. The molecule has 2 rings (SSSR count). The quantitative estimate of drug-likeness (QED) is 0.876. The molecule has 3 unspecified atom stereocenters. The highest BCUT2D eigenvalue weighted by Crippen LogP contribution is 2.33. The van der Waals surface area contributed by atoms with E-state index in [-0.39, 0.29) is 18.1 Å². The van der Waals surface area contributed by atoms with Crippen molar-refractivity contribution in [3.63, 3.8) is 0 Å². The molecule has 0 aliphatic heterocycles. The third kappa shape index (κ3) is 3.83. The smallest absolute Gasteiger partial charge is 0.261 e. The Bertz CT molecular complexity index is 467. The summed E-state index contributed by atoms with van der Waals surface area (Å²) in [4.78, 5) is 14.4. The Hall–Kier alpha value is -0.870. The third-order valence-corrected chi connectivity index (χ3v) is 5.29. The van der Waals surface area contributed by atoms with Crippen LogP contribution in [-0.4, -0.2) is 23.2 Å². The summed E-state index contributed by atoms with van der Waals surface area (Å²) in [7, 11) is 0. The van der Waals surface area contributed by atoms with Gasteiger partial charge < -0.3 is 10.4 Å². The van der Waals surface area contributed by atoms with Gasteiger partial charge in [0, 0.05) is 10.9 Å². The zero-order chi connectivity index (χ0) is 14.7. The van der Waals surface area contributed by atoms with Crippen molar-refractivity contribution in [3.05, 3.63) is 21.4 Å². The Morgan fingerprint density at radius 3 is 2.95 bits per heavy atom. The molecule has 1 aliphatic rings. The maximum absolute atomic E-state index is 12.2. The number of rotatable bonds is 5. The molecule has 0 saturated heterocycles. The minimum atomic E-state index is -0.382. The average Bonchev–Trinajstić information content (AvgIpc) is 2.80. The van der Waals surface area contributed by atoms with E-state index in [1.54, 1.807) is 18.3 Å². The van der Waals surface area contributed by atoms with Gasteiger partial charge in [-0.05, 0) is 57.1 Å². The van der Waals surface area contributed by atoms with Crippen LogP contribution in [0.2, 0.25) is 0 Å². The summed E-state index contributed by atoms with van der Waals surface area (Å²) in [6, 6.07) is 2.08. The second kappa shape index (κ2) is 6.72. The van der Waals surface area contributed by atoms with E-state index in [1.807, 2.05) is 6.92 Å². The Labute approximate surface area is 125 Å². The molecule has 112 valence electrons. The van der Waals surface area contributed by atoms with E-state index in [0.717, 1.165) is 23.6 Å².